The second kappa shape index (κ2) is 16.3. The van der Waals surface area contributed by atoms with Gasteiger partial charge in [0, 0.05) is 12.6 Å². The van der Waals surface area contributed by atoms with Crippen LogP contribution in [0.4, 0.5) is 0 Å². The van der Waals surface area contributed by atoms with Crippen LogP contribution in [0.3, 0.4) is 0 Å². The number of rotatable bonds is 13. The van der Waals surface area contributed by atoms with Crippen LogP contribution in [0.5, 0.6) is 0 Å². The quantitative estimate of drug-likeness (QED) is 0.0879. The first-order valence-corrected chi connectivity index (χ1v) is 15.4. The van der Waals surface area contributed by atoms with Gasteiger partial charge in [-0.05, 0) is 37.7 Å². The first kappa shape index (κ1) is 36.7. The van der Waals surface area contributed by atoms with Crippen molar-refractivity contribution in [2.24, 2.45) is 34.6 Å². The summed E-state index contributed by atoms with van der Waals surface area (Å²) < 4.78 is 35.5. The minimum atomic E-state index is -1.57. The Balaban J connectivity index is 1.53. The number of aliphatic hydroxyl groups excluding tert-OH is 7. The van der Waals surface area contributed by atoms with Crippen LogP contribution in [0.15, 0.2) is 11.8 Å². The minimum absolute atomic E-state index is 0.115. The van der Waals surface area contributed by atoms with E-state index in [4.69, 9.17) is 57.1 Å². The van der Waals surface area contributed by atoms with Crippen molar-refractivity contribution in [1.29, 1.82) is 0 Å². The van der Waals surface area contributed by atoms with Crippen LogP contribution in [-0.4, -0.2) is 160 Å². The molecule has 0 radical (unpaired) electrons. The number of ether oxygens (including phenoxy) is 6. The van der Waals surface area contributed by atoms with Gasteiger partial charge in [-0.2, -0.15) is 0 Å². The summed E-state index contributed by atoms with van der Waals surface area (Å²) in [5.41, 5.74) is 30.2. The Morgan fingerprint density at radius 2 is 1.47 bits per heavy atom. The third-order valence-corrected chi connectivity index (χ3v) is 8.98. The van der Waals surface area contributed by atoms with E-state index in [1.165, 1.54) is 0 Å². The summed E-state index contributed by atoms with van der Waals surface area (Å²) in [5.74, 6) is -0.0292. The fourth-order valence-electron chi connectivity index (χ4n) is 6.24. The third kappa shape index (κ3) is 8.30. The monoisotopic (exact) mass is 653 g/mol. The molecule has 2 saturated heterocycles. The smallest absolute Gasteiger partial charge is 0.215 e. The molecule has 0 bridgehead atoms. The summed E-state index contributed by atoms with van der Waals surface area (Å²) in [6.07, 6.45) is -13.2. The number of hydrogen-bond donors (Lipinski definition) is 12. The molecule has 3 aliphatic heterocycles. The minimum Gasteiger partial charge on any atom is -0.467 e. The summed E-state index contributed by atoms with van der Waals surface area (Å²) in [7, 11) is 0. The van der Waals surface area contributed by atoms with Crippen molar-refractivity contribution in [3.63, 3.8) is 0 Å². The lowest BCUT2D eigenvalue weighted by Crippen LogP contribution is -2.64. The van der Waals surface area contributed by atoms with Gasteiger partial charge in [-0.15, -0.1) is 0 Å². The Hall–Kier alpha value is -1.14. The normalized spacial score (nSPS) is 46.4. The van der Waals surface area contributed by atoms with Crippen molar-refractivity contribution < 1.29 is 64.2 Å². The van der Waals surface area contributed by atoms with E-state index >= 15 is 0 Å². The molecule has 0 amide bonds. The van der Waals surface area contributed by atoms with Gasteiger partial charge in [-0.25, -0.2) is 0 Å². The van der Waals surface area contributed by atoms with Crippen LogP contribution < -0.4 is 28.7 Å². The van der Waals surface area contributed by atoms with Crippen LogP contribution in [0, 0.1) is 5.92 Å². The van der Waals surface area contributed by atoms with Gasteiger partial charge in [-0.1, -0.05) is 0 Å². The van der Waals surface area contributed by atoms with Gasteiger partial charge in [0.25, 0.3) is 0 Å². The van der Waals surface area contributed by atoms with Gasteiger partial charge in [0.2, 0.25) is 6.29 Å². The van der Waals surface area contributed by atoms with Gasteiger partial charge >= 0.3 is 0 Å². The Kier molecular flexibility index (Phi) is 13.3. The molecule has 1 aliphatic carbocycles. The van der Waals surface area contributed by atoms with E-state index in [1.54, 1.807) is 6.08 Å². The third-order valence-electron chi connectivity index (χ3n) is 8.98. The van der Waals surface area contributed by atoms with Crippen molar-refractivity contribution >= 4 is 0 Å². The van der Waals surface area contributed by atoms with Gasteiger partial charge in [0.15, 0.2) is 12.6 Å². The van der Waals surface area contributed by atoms with E-state index in [1.807, 2.05) is 0 Å². The molecule has 3 heterocycles. The highest BCUT2D eigenvalue weighted by molar-refractivity contribution is 5.04. The molecule has 1 unspecified atom stereocenters. The Bertz CT molecular complexity index is 955. The van der Waals surface area contributed by atoms with E-state index in [-0.39, 0.29) is 32.4 Å². The van der Waals surface area contributed by atoms with Crippen molar-refractivity contribution in [3.8, 4) is 0 Å². The first-order chi connectivity index (χ1) is 21.4. The summed E-state index contributed by atoms with van der Waals surface area (Å²) in [5, 5.41) is 72.6. The topological polar surface area (TPSA) is 327 Å². The maximum absolute atomic E-state index is 11.5. The molecular formula is C27H51N5O13. The van der Waals surface area contributed by atoms with Crippen molar-refractivity contribution in [2.75, 3.05) is 26.3 Å². The predicted molar refractivity (Wildman–Crippen MR) is 153 cm³/mol. The highest BCUT2D eigenvalue weighted by atomic mass is 16.8. The summed E-state index contributed by atoms with van der Waals surface area (Å²) in [6, 6.07) is -2.54. The van der Waals surface area contributed by atoms with E-state index in [9.17, 15) is 35.7 Å². The van der Waals surface area contributed by atoms with Crippen LogP contribution in [0.2, 0.25) is 0 Å². The van der Waals surface area contributed by atoms with Crippen molar-refractivity contribution in [3.05, 3.63) is 11.8 Å². The average Bonchev–Trinajstić information content (AvgIpc) is 3.33. The summed E-state index contributed by atoms with van der Waals surface area (Å²) in [4.78, 5) is 0. The molecule has 4 aliphatic rings. The van der Waals surface area contributed by atoms with Crippen LogP contribution in [0.25, 0.3) is 0 Å². The van der Waals surface area contributed by atoms with E-state index in [0.717, 1.165) is 0 Å². The number of aliphatic hydroxyl groups is 7. The molecule has 262 valence electrons. The van der Waals surface area contributed by atoms with Crippen LogP contribution in [0.1, 0.15) is 25.7 Å². The highest BCUT2D eigenvalue weighted by Gasteiger charge is 2.53. The Labute approximate surface area is 260 Å². The molecule has 1 saturated carbocycles. The van der Waals surface area contributed by atoms with Gasteiger partial charge in [0.05, 0.1) is 44.1 Å². The van der Waals surface area contributed by atoms with Gasteiger partial charge in [-0.3, -0.25) is 0 Å². The molecule has 18 nitrogen and oxygen atoms in total. The van der Waals surface area contributed by atoms with Gasteiger partial charge in [0.1, 0.15) is 54.6 Å². The molecule has 0 spiro atoms. The molecule has 17 N–H and O–H groups in total. The molecule has 17 atom stereocenters. The maximum Gasteiger partial charge on any atom is 0.215 e. The molecule has 18 heteroatoms. The van der Waals surface area contributed by atoms with Crippen molar-refractivity contribution in [1.82, 2.24) is 0 Å². The molecule has 0 aromatic heterocycles. The van der Waals surface area contributed by atoms with Crippen LogP contribution in [-0.2, 0) is 28.4 Å². The van der Waals surface area contributed by atoms with Crippen molar-refractivity contribution in [2.45, 2.75) is 124 Å². The van der Waals surface area contributed by atoms with E-state index in [0.29, 0.717) is 12.2 Å². The summed E-state index contributed by atoms with van der Waals surface area (Å²) in [6.45, 7) is -1.11. The SMILES string of the molecule is NCC1=CC[C@@H](N)[C@@H](O[C@H]2[C@H](O[C@@H]3O[C@H](CO)[C@@H](O[C@H]4O[C@@H](CN)[C@@H](O)[C@H](O)[C@H]4N)[C@H]3O)[C@@H](O)[C@H](CCC(O)CO)C[C@@H]2N)O1. The van der Waals surface area contributed by atoms with Gasteiger partial charge < -0.3 is 92.8 Å². The average molecular weight is 654 g/mol. The lowest BCUT2D eigenvalue weighted by Gasteiger charge is -2.46. The largest absolute Gasteiger partial charge is 0.467 e. The molecule has 0 aromatic rings. The molecule has 45 heavy (non-hydrogen) atoms. The lowest BCUT2D eigenvalue weighted by atomic mass is 9.77. The maximum atomic E-state index is 11.5. The zero-order valence-corrected chi connectivity index (χ0v) is 25.0. The van der Waals surface area contributed by atoms with E-state index < -0.39 is 117 Å². The Morgan fingerprint density at radius 1 is 0.800 bits per heavy atom. The fourth-order valence-corrected chi connectivity index (χ4v) is 6.24. The second-order valence-corrected chi connectivity index (χ2v) is 12.2. The number of nitrogens with two attached hydrogens (primary N) is 5. The molecule has 3 fully saturated rings. The fraction of sp³-hybridized carbons (Fsp3) is 0.926. The molecule has 0 aromatic carbocycles. The zero-order chi connectivity index (χ0) is 33.0. The molecular weight excluding hydrogens is 602 g/mol. The lowest BCUT2D eigenvalue weighted by molar-refractivity contribution is -0.283. The van der Waals surface area contributed by atoms with Crippen LogP contribution >= 0.6 is 0 Å². The molecule has 4 rings (SSSR count). The predicted octanol–water partition coefficient (Wildman–Crippen LogP) is -6.29. The zero-order valence-electron chi connectivity index (χ0n) is 25.0. The number of hydrogen-bond acceptors (Lipinski definition) is 18. The summed E-state index contributed by atoms with van der Waals surface area (Å²) >= 11 is 0. The second-order valence-electron chi connectivity index (χ2n) is 12.2. The Morgan fingerprint density at radius 3 is 2.11 bits per heavy atom. The van der Waals surface area contributed by atoms with E-state index in [2.05, 4.69) is 0 Å². The first-order valence-electron chi connectivity index (χ1n) is 15.4. The standard InChI is InChI=1S/C27H51N5O13/c28-6-12-3-4-13(30)25(40-12)43-22-14(31)5-10(1-2-11(35)8-33)18(36)24(22)45-27-21(39)23(16(9-34)42-27)44-26-17(32)20(38)19(37)15(7-29)41-26/h3,10-11,13-27,33-39H,1-2,4-9,28-32H2/t10-,11?,13-,14+,15+,16-,17-,18+,19-,20-,21-,22-,23-,24-,25-,26-,27+/m1/s1. The highest BCUT2D eigenvalue weighted by Crippen LogP contribution is 2.37.